The smallest absolute Gasteiger partial charge is 0.222 e. The Labute approximate surface area is 191 Å². The lowest BCUT2D eigenvalue weighted by Crippen LogP contribution is -2.41. The summed E-state index contributed by atoms with van der Waals surface area (Å²) in [6.07, 6.45) is 5.96. The normalized spacial score (nSPS) is 18.6. The lowest BCUT2D eigenvalue weighted by atomic mass is 10.2. The largest absolute Gasteiger partial charge is 0.379 e. The van der Waals surface area contributed by atoms with Crippen LogP contribution in [0.1, 0.15) is 50.2 Å². The Balaban J connectivity index is 1.44. The predicted molar refractivity (Wildman–Crippen MR) is 124 cm³/mol. The van der Waals surface area contributed by atoms with Gasteiger partial charge in [0.2, 0.25) is 5.91 Å². The Morgan fingerprint density at radius 1 is 1.03 bits per heavy atom. The molecule has 0 aromatic carbocycles. The maximum Gasteiger partial charge on any atom is 0.222 e. The van der Waals surface area contributed by atoms with Crippen LogP contribution in [0, 0.1) is 6.92 Å². The van der Waals surface area contributed by atoms with E-state index in [1.165, 1.54) is 0 Å². The van der Waals surface area contributed by atoms with E-state index in [4.69, 9.17) is 9.73 Å². The highest BCUT2D eigenvalue weighted by molar-refractivity contribution is 5.79. The molecule has 0 aliphatic carbocycles. The number of hydrogen-bond acceptors (Lipinski definition) is 6. The highest BCUT2D eigenvalue weighted by Gasteiger charge is 2.16. The second kappa shape index (κ2) is 13.4. The zero-order valence-electron chi connectivity index (χ0n) is 19.8. The van der Waals surface area contributed by atoms with Crippen LogP contribution in [0.3, 0.4) is 0 Å². The van der Waals surface area contributed by atoms with Gasteiger partial charge in [-0.05, 0) is 39.2 Å². The number of nitrogens with zero attached hydrogens (tertiary/aromatic N) is 6. The molecule has 2 aliphatic heterocycles. The molecule has 3 heterocycles. The van der Waals surface area contributed by atoms with E-state index < -0.39 is 0 Å². The minimum atomic E-state index is 0.301. The minimum Gasteiger partial charge on any atom is -0.379 e. The summed E-state index contributed by atoms with van der Waals surface area (Å²) in [4.78, 5) is 21.4. The quantitative estimate of drug-likeness (QED) is 0.308. The maximum atomic E-state index is 12.2. The molecule has 3 rings (SSSR count). The molecule has 1 aromatic heterocycles. The number of rotatable bonds is 10. The summed E-state index contributed by atoms with van der Waals surface area (Å²) in [5, 5.41) is 15.2. The highest BCUT2D eigenvalue weighted by Crippen LogP contribution is 2.11. The van der Waals surface area contributed by atoms with E-state index in [0.29, 0.717) is 18.9 Å². The SMILES string of the molecule is Cc1nnc(CN=C(NCCCN2CCOCC2)NCCCN2CCCCCC2=O)n1C. The summed E-state index contributed by atoms with van der Waals surface area (Å²) in [5.74, 6) is 2.81. The number of hydrogen-bond donors (Lipinski definition) is 2. The average molecular weight is 449 g/mol. The third-order valence-corrected chi connectivity index (χ3v) is 6.18. The van der Waals surface area contributed by atoms with E-state index >= 15 is 0 Å². The second-order valence-corrected chi connectivity index (χ2v) is 8.59. The van der Waals surface area contributed by atoms with Gasteiger partial charge >= 0.3 is 0 Å². The molecule has 180 valence electrons. The first-order valence-electron chi connectivity index (χ1n) is 12.1. The third-order valence-electron chi connectivity index (χ3n) is 6.18. The fourth-order valence-corrected chi connectivity index (χ4v) is 4.00. The van der Waals surface area contributed by atoms with Crippen molar-refractivity contribution in [1.82, 2.24) is 35.2 Å². The van der Waals surface area contributed by atoms with Gasteiger partial charge < -0.3 is 24.8 Å². The highest BCUT2D eigenvalue weighted by atomic mass is 16.5. The number of aryl methyl sites for hydroxylation is 1. The number of ether oxygens (including phenoxy) is 1. The number of amides is 1. The van der Waals surface area contributed by atoms with Crippen LogP contribution in [0.25, 0.3) is 0 Å². The molecular formula is C22H40N8O2. The van der Waals surface area contributed by atoms with Crippen molar-refractivity contribution in [2.24, 2.45) is 12.0 Å². The van der Waals surface area contributed by atoms with Crippen LogP contribution in [0.4, 0.5) is 0 Å². The van der Waals surface area contributed by atoms with Crippen LogP contribution in [0.5, 0.6) is 0 Å². The molecule has 0 radical (unpaired) electrons. The Morgan fingerprint density at radius 3 is 2.50 bits per heavy atom. The number of nitrogens with one attached hydrogen (secondary N) is 2. The Hall–Kier alpha value is -2.20. The topological polar surface area (TPSA) is 99.9 Å². The second-order valence-electron chi connectivity index (χ2n) is 8.59. The van der Waals surface area contributed by atoms with Gasteiger partial charge in [0, 0.05) is 52.7 Å². The molecular weight excluding hydrogens is 408 g/mol. The van der Waals surface area contributed by atoms with Crippen molar-refractivity contribution in [2.75, 3.05) is 59.0 Å². The van der Waals surface area contributed by atoms with Gasteiger partial charge in [0.25, 0.3) is 0 Å². The van der Waals surface area contributed by atoms with Crippen molar-refractivity contribution >= 4 is 11.9 Å². The van der Waals surface area contributed by atoms with Crippen LogP contribution < -0.4 is 10.6 Å². The van der Waals surface area contributed by atoms with E-state index in [1.54, 1.807) is 0 Å². The van der Waals surface area contributed by atoms with Gasteiger partial charge in [-0.1, -0.05) is 6.42 Å². The lowest BCUT2D eigenvalue weighted by molar-refractivity contribution is -0.130. The fourth-order valence-electron chi connectivity index (χ4n) is 4.00. The van der Waals surface area contributed by atoms with Gasteiger partial charge in [0.1, 0.15) is 12.4 Å². The monoisotopic (exact) mass is 448 g/mol. The van der Waals surface area contributed by atoms with Crippen molar-refractivity contribution in [3.8, 4) is 0 Å². The summed E-state index contributed by atoms with van der Waals surface area (Å²) in [6, 6.07) is 0. The Morgan fingerprint density at radius 2 is 1.78 bits per heavy atom. The van der Waals surface area contributed by atoms with Crippen LogP contribution in [0.15, 0.2) is 4.99 Å². The fraction of sp³-hybridized carbons (Fsp3) is 0.818. The van der Waals surface area contributed by atoms with Crippen LogP contribution in [-0.2, 0) is 23.1 Å². The van der Waals surface area contributed by atoms with Gasteiger partial charge in [-0.15, -0.1) is 10.2 Å². The molecule has 2 fully saturated rings. The number of aromatic nitrogens is 3. The van der Waals surface area contributed by atoms with Crippen molar-refractivity contribution in [2.45, 2.75) is 52.0 Å². The third kappa shape index (κ3) is 8.05. The zero-order chi connectivity index (χ0) is 22.6. The molecule has 0 bridgehead atoms. The number of guanidine groups is 1. The number of aliphatic imine (C=N–C) groups is 1. The van der Waals surface area contributed by atoms with Crippen molar-refractivity contribution in [3.63, 3.8) is 0 Å². The molecule has 2 saturated heterocycles. The van der Waals surface area contributed by atoms with Crippen molar-refractivity contribution in [1.29, 1.82) is 0 Å². The molecule has 0 spiro atoms. The first-order valence-corrected chi connectivity index (χ1v) is 12.1. The molecule has 0 atom stereocenters. The summed E-state index contributed by atoms with van der Waals surface area (Å²) >= 11 is 0. The molecule has 10 heteroatoms. The summed E-state index contributed by atoms with van der Waals surface area (Å²) in [5.41, 5.74) is 0. The summed E-state index contributed by atoms with van der Waals surface area (Å²) < 4.78 is 7.38. The summed E-state index contributed by atoms with van der Waals surface area (Å²) in [7, 11) is 1.96. The minimum absolute atomic E-state index is 0.301. The van der Waals surface area contributed by atoms with Gasteiger partial charge in [-0.2, -0.15) is 0 Å². The molecule has 0 saturated carbocycles. The van der Waals surface area contributed by atoms with E-state index in [-0.39, 0.29) is 0 Å². The first kappa shape index (κ1) is 24.4. The van der Waals surface area contributed by atoms with Gasteiger partial charge in [0.15, 0.2) is 11.8 Å². The standard InChI is InChI=1S/C22H40N8O2/c1-19-26-27-20(28(19)2)18-25-22(23-9-6-11-29-14-16-32-17-15-29)24-10-7-13-30-12-5-3-4-8-21(30)31/h3-18H2,1-2H3,(H2,23,24,25). The lowest BCUT2D eigenvalue weighted by Gasteiger charge is -2.26. The van der Waals surface area contributed by atoms with E-state index in [9.17, 15) is 4.79 Å². The predicted octanol–water partition coefficient (Wildman–Crippen LogP) is 0.674. The Bertz CT molecular complexity index is 730. The maximum absolute atomic E-state index is 12.2. The number of likely N-dealkylation sites (tertiary alicyclic amines) is 1. The molecule has 1 aromatic rings. The summed E-state index contributed by atoms with van der Waals surface area (Å²) in [6.45, 7) is 10.5. The van der Waals surface area contributed by atoms with Gasteiger partial charge in [-0.3, -0.25) is 9.69 Å². The van der Waals surface area contributed by atoms with Gasteiger partial charge in [-0.25, -0.2) is 4.99 Å². The molecule has 10 nitrogen and oxygen atoms in total. The van der Waals surface area contributed by atoms with Crippen LogP contribution >= 0.6 is 0 Å². The number of carbonyl (C=O) groups is 1. The molecule has 1 amide bonds. The molecule has 32 heavy (non-hydrogen) atoms. The molecule has 2 N–H and O–H groups in total. The zero-order valence-corrected chi connectivity index (χ0v) is 19.8. The van der Waals surface area contributed by atoms with E-state index in [0.717, 1.165) is 109 Å². The van der Waals surface area contributed by atoms with E-state index in [2.05, 4.69) is 25.7 Å². The van der Waals surface area contributed by atoms with Crippen LogP contribution in [0.2, 0.25) is 0 Å². The van der Waals surface area contributed by atoms with Crippen LogP contribution in [-0.4, -0.2) is 95.5 Å². The number of carbonyl (C=O) groups excluding carboxylic acids is 1. The van der Waals surface area contributed by atoms with Crippen molar-refractivity contribution in [3.05, 3.63) is 11.6 Å². The van der Waals surface area contributed by atoms with Gasteiger partial charge in [0.05, 0.1) is 13.2 Å². The average Bonchev–Trinajstić information content (AvgIpc) is 2.99. The van der Waals surface area contributed by atoms with E-state index in [1.807, 2.05) is 23.4 Å². The Kier molecular flexibility index (Phi) is 10.2. The first-order chi connectivity index (χ1) is 15.6. The molecule has 2 aliphatic rings. The number of morpholine rings is 1. The van der Waals surface area contributed by atoms with Crippen molar-refractivity contribution < 1.29 is 9.53 Å². The molecule has 0 unspecified atom stereocenters.